The molecule has 1 aliphatic rings. The number of hydrogen-bond donors (Lipinski definition) is 2. The van der Waals surface area contributed by atoms with E-state index in [0.717, 1.165) is 6.08 Å². The fourth-order valence-electron chi connectivity index (χ4n) is 1.49. The Hall–Kier alpha value is -1.47. The number of amides is 2. The van der Waals surface area contributed by atoms with Gasteiger partial charge < -0.3 is 14.7 Å². The number of halogens is 1. The van der Waals surface area contributed by atoms with Crippen molar-refractivity contribution in [2.24, 2.45) is 0 Å². The van der Waals surface area contributed by atoms with Crippen molar-refractivity contribution in [3.05, 3.63) is 12.3 Å². The molecule has 0 aromatic carbocycles. The molecular weight excluding hydrogens is 231 g/mol. The smallest absolute Gasteiger partial charge is 0.251 e. The highest BCUT2D eigenvalue weighted by atomic mass is 19.2. The summed E-state index contributed by atoms with van der Waals surface area (Å²) >= 11 is 0. The van der Waals surface area contributed by atoms with Gasteiger partial charge in [-0.25, -0.2) is 4.39 Å². The van der Waals surface area contributed by atoms with Crippen molar-refractivity contribution in [2.45, 2.75) is 24.9 Å². The highest BCUT2D eigenvalue weighted by Crippen LogP contribution is 2.32. The first-order valence-electron chi connectivity index (χ1n) is 5.12. The highest BCUT2D eigenvalue weighted by Gasteiger charge is 2.41. The molecule has 0 saturated carbocycles. The lowest BCUT2D eigenvalue weighted by atomic mass is 10.2. The van der Waals surface area contributed by atoms with Crippen molar-refractivity contribution < 1.29 is 23.8 Å². The molecule has 1 aliphatic heterocycles. The zero-order valence-corrected chi connectivity index (χ0v) is 9.43. The van der Waals surface area contributed by atoms with Crippen LogP contribution >= 0.6 is 0 Å². The van der Waals surface area contributed by atoms with Crippen LogP contribution in [0, 0.1) is 0 Å². The molecule has 0 aromatic rings. The molecule has 1 rings (SSSR count). The third kappa shape index (κ3) is 3.79. The minimum Gasteiger partial charge on any atom is -0.390 e. The van der Waals surface area contributed by atoms with Crippen LogP contribution in [-0.2, 0) is 14.3 Å². The van der Waals surface area contributed by atoms with Crippen LogP contribution in [0.15, 0.2) is 12.3 Å². The number of alkyl halides is 1. The zero-order chi connectivity index (χ0) is 12.9. The number of hydrogen-bond acceptors (Lipinski definition) is 5. The van der Waals surface area contributed by atoms with Crippen LogP contribution in [0.1, 0.15) is 12.8 Å². The van der Waals surface area contributed by atoms with Crippen LogP contribution in [-0.4, -0.2) is 48.1 Å². The SMILES string of the molecule is CN(/C=C\C(=O)NC=O)C1CCC(F)(CO)O1. The molecule has 1 saturated heterocycles. The van der Waals surface area contributed by atoms with Crippen LogP contribution < -0.4 is 5.32 Å². The molecule has 1 fully saturated rings. The third-order valence-corrected chi connectivity index (χ3v) is 2.46. The van der Waals surface area contributed by atoms with E-state index in [0.29, 0.717) is 6.42 Å². The topological polar surface area (TPSA) is 78.9 Å². The van der Waals surface area contributed by atoms with Crippen molar-refractivity contribution in [1.29, 1.82) is 0 Å². The van der Waals surface area contributed by atoms with E-state index in [9.17, 15) is 14.0 Å². The van der Waals surface area contributed by atoms with E-state index in [-0.39, 0.29) is 12.8 Å². The van der Waals surface area contributed by atoms with E-state index in [1.54, 1.807) is 7.05 Å². The maximum absolute atomic E-state index is 13.5. The molecule has 0 aromatic heterocycles. The quantitative estimate of drug-likeness (QED) is 0.505. The Kier molecular flexibility index (Phi) is 4.59. The first-order valence-corrected chi connectivity index (χ1v) is 5.12. The summed E-state index contributed by atoms with van der Waals surface area (Å²) in [6.45, 7) is -0.688. The second-order valence-electron chi connectivity index (χ2n) is 3.76. The Balaban J connectivity index is 2.47. The molecule has 6 nitrogen and oxygen atoms in total. The molecule has 0 spiro atoms. The number of carbonyl (C=O) groups is 2. The predicted octanol–water partition coefficient (Wildman–Crippen LogP) is -0.501. The van der Waals surface area contributed by atoms with E-state index in [1.165, 1.54) is 11.1 Å². The fraction of sp³-hybridized carbons (Fsp3) is 0.600. The van der Waals surface area contributed by atoms with Gasteiger partial charge in [-0.05, 0) is 6.42 Å². The summed E-state index contributed by atoms with van der Waals surface area (Å²) in [7, 11) is 1.61. The number of rotatable bonds is 5. The lowest BCUT2D eigenvalue weighted by Gasteiger charge is -2.24. The molecule has 2 atom stereocenters. The summed E-state index contributed by atoms with van der Waals surface area (Å²) in [5.74, 6) is -2.57. The van der Waals surface area contributed by atoms with E-state index in [2.05, 4.69) is 0 Å². The second-order valence-corrected chi connectivity index (χ2v) is 3.76. The van der Waals surface area contributed by atoms with E-state index in [4.69, 9.17) is 9.84 Å². The molecule has 0 aliphatic carbocycles. The molecule has 2 N–H and O–H groups in total. The number of aliphatic hydroxyl groups excluding tert-OH is 1. The van der Waals surface area contributed by atoms with Crippen LogP contribution in [0.2, 0.25) is 0 Å². The summed E-state index contributed by atoms with van der Waals surface area (Å²) < 4.78 is 18.5. The molecule has 7 heteroatoms. The van der Waals surface area contributed by atoms with Gasteiger partial charge in [0.25, 0.3) is 5.91 Å². The van der Waals surface area contributed by atoms with Gasteiger partial charge in [0.15, 0.2) is 0 Å². The summed E-state index contributed by atoms with van der Waals surface area (Å²) in [6.07, 6.45) is 2.77. The highest BCUT2D eigenvalue weighted by molar-refractivity contribution is 5.94. The molecule has 96 valence electrons. The van der Waals surface area contributed by atoms with Crippen LogP contribution in [0.5, 0.6) is 0 Å². The van der Waals surface area contributed by atoms with E-state index in [1.807, 2.05) is 5.32 Å². The van der Waals surface area contributed by atoms with Crippen molar-refractivity contribution in [3.8, 4) is 0 Å². The monoisotopic (exact) mass is 246 g/mol. The Morgan fingerprint density at radius 1 is 1.76 bits per heavy atom. The molecule has 1 heterocycles. The molecule has 0 bridgehead atoms. The van der Waals surface area contributed by atoms with Gasteiger partial charge in [-0.3, -0.25) is 14.9 Å². The number of ether oxygens (including phenoxy) is 1. The van der Waals surface area contributed by atoms with Gasteiger partial charge in [-0.15, -0.1) is 0 Å². The van der Waals surface area contributed by atoms with Gasteiger partial charge in [-0.2, -0.15) is 0 Å². The maximum atomic E-state index is 13.5. The van der Waals surface area contributed by atoms with Gasteiger partial charge in [0.1, 0.15) is 12.8 Å². The minimum atomic E-state index is -2.00. The zero-order valence-electron chi connectivity index (χ0n) is 9.43. The van der Waals surface area contributed by atoms with Crippen LogP contribution in [0.3, 0.4) is 0 Å². The van der Waals surface area contributed by atoms with Crippen LogP contribution in [0.4, 0.5) is 4.39 Å². The lowest BCUT2D eigenvalue weighted by molar-refractivity contribution is -0.182. The molecule has 17 heavy (non-hydrogen) atoms. The Morgan fingerprint density at radius 3 is 3.00 bits per heavy atom. The van der Waals surface area contributed by atoms with Crippen LogP contribution in [0.25, 0.3) is 0 Å². The fourth-order valence-corrected chi connectivity index (χ4v) is 1.49. The number of aliphatic hydroxyl groups is 1. The van der Waals surface area contributed by atoms with Gasteiger partial charge in [0, 0.05) is 25.7 Å². The average molecular weight is 246 g/mol. The summed E-state index contributed by atoms with van der Waals surface area (Å²) in [5.41, 5.74) is 0. The number of imide groups is 1. The number of nitrogens with one attached hydrogen (secondary N) is 1. The summed E-state index contributed by atoms with van der Waals surface area (Å²) in [5, 5.41) is 10.7. The standard InChI is InChI=1S/C10H15FN2O4/c1-13(5-3-8(16)12-7-15)9-2-4-10(11,6-14)17-9/h3,5,7,9,14H,2,4,6H2,1H3,(H,12,15,16)/b5-3-. The van der Waals surface area contributed by atoms with Gasteiger partial charge in [0.2, 0.25) is 12.3 Å². The molecule has 0 radical (unpaired) electrons. The van der Waals surface area contributed by atoms with E-state index < -0.39 is 24.6 Å². The summed E-state index contributed by atoms with van der Waals surface area (Å²) in [6, 6.07) is 0. The number of carbonyl (C=O) groups excluding carboxylic acids is 2. The van der Waals surface area contributed by atoms with E-state index >= 15 is 0 Å². The lowest BCUT2D eigenvalue weighted by Crippen LogP contribution is -2.33. The van der Waals surface area contributed by atoms with Gasteiger partial charge >= 0.3 is 0 Å². The first-order chi connectivity index (χ1) is 8.00. The molecule has 2 amide bonds. The number of nitrogens with zero attached hydrogens (tertiary/aromatic N) is 1. The van der Waals surface area contributed by atoms with Crippen molar-refractivity contribution in [2.75, 3.05) is 13.7 Å². The Labute approximate surface area is 98.0 Å². The minimum absolute atomic E-state index is 0.104. The largest absolute Gasteiger partial charge is 0.390 e. The first kappa shape index (κ1) is 13.6. The van der Waals surface area contributed by atoms with Crippen molar-refractivity contribution in [1.82, 2.24) is 10.2 Å². The normalized spacial score (nSPS) is 28.3. The predicted molar refractivity (Wildman–Crippen MR) is 56.1 cm³/mol. The molecule has 2 unspecified atom stereocenters. The van der Waals surface area contributed by atoms with Crippen molar-refractivity contribution >= 4 is 12.3 Å². The maximum Gasteiger partial charge on any atom is 0.251 e. The Bertz CT molecular complexity index is 323. The third-order valence-electron chi connectivity index (χ3n) is 2.46. The summed E-state index contributed by atoms with van der Waals surface area (Å²) in [4.78, 5) is 22.4. The van der Waals surface area contributed by atoms with Crippen molar-refractivity contribution in [3.63, 3.8) is 0 Å². The average Bonchev–Trinajstić information content (AvgIpc) is 2.70. The van der Waals surface area contributed by atoms with Gasteiger partial charge in [-0.1, -0.05) is 0 Å². The van der Waals surface area contributed by atoms with Gasteiger partial charge in [0.05, 0.1) is 0 Å². The molecular formula is C10H15FN2O4. The second kappa shape index (κ2) is 5.74. The Morgan fingerprint density at radius 2 is 2.47 bits per heavy atom.